The SMILES string of the molecule is CC1CCCCN1Cc1ccc(NC(=O)C2CC(F)(F)CN2)cc1.Cl.Cl. The Labute approximate surface area is 165 Å². The van der Waals surface area contributed by atoms with Crippen molar-refractivity contribution in [2.24, 2.45) is 0 Å². The number of carbonyl (C=O) groups is 1. The number of hydrogen-bond donors (Lipinski definition) is 2. The van der Waals surface area contributed by atoms with E-state index in [1.807, 2.05) is 24.3 Å². The molecule has 2 heterocycles. The highest BCUT2D eigenvalue weighted by atomic mass is 35.5. The quantitative estimate of drug-likeness (QED) is 0.793. The van der Waals surface area contributed by atoms with E-state index >= 15 is 0 Å². The number of anilines is 1. The third-order valence-electron chi connectivity index (χ3n) is 4.97. The second-order valence-electron chi connectivity index (χ2n) is 7.00. The van der Waals surface area contributed by atoms with Crippen LogP contribution in [0.15, 0.2) is 24.3 Å². The highest BCUT2D eigenvalue weighted by molar-refractivity contribution is 5.95. The van der Waals surface area contributed by atoms with Gasteiger partial charge in [-0.2, -0.15) is 0 Å². The molecule has 0 aliphatic carbocycles. The summed E-state index contributed by atoms with van der Waals surface area (Å²) >= 11 is 0. The molecule has 0 spiro atoms. The third kappa shape index (κ3) is 6.05. The summed E-state index contributed by atoms with van der Waals surface area (Å²) in [6.07, 6.45) is 3.35. The Morgan fingerprint density at radius 3 is 2.54 bits per heavy atom. The standard InChI is InChI=1S/C18H25F2N3O.2ClH/c1-13-4-2-3-9-23(13)11-14-5-7-15(8-6-14)22-17(24)16-10-18(19,20)12-21-16;;/h5-8,13,16,21H,2-4,9-12H2,1H3,(H,22,24);2*1H. The zero-order chi connectivity index (χ0) is 17.2. The van der Waals surface area contributed by atoms with Gasteiger partial charge in [-0.15, -0.1) is 24.8 Å². The first-order valence-electron chi connectivity index (χ1n) is 8.68. The average Bonchev–Trinajstić information content (AvgIpc) is 2.92. The van der Waals surface area contributed by atoms with Crippen molar-refractivity contribution in [3.05, 3.63) is 29.8 Å². The normalized spacial score (nSPS) is 25.0. The molecule has 8 heteroatoms. The molecule has 0 aromatic heterocycles. The van der Waals surface area contributed by atoms with Crippen LogP contribution >= 0.6 is 24.8 Å². The van der Waals surface area contributed by atoms with Crippen molar-refractivity contribution in [2.45, 2.75) is 57.2 Å². The lowest BCUT2D eigenvalue weighted by Gasteiger charge is -2.33. The topological polar surface area (TPSA) is 44.4 Å². The van der Waals surface area contributed by atoms with Gasteiger partial charge in [-0.05, 0) is 44.0 Å². The van der Waals surface area contributed by atoms with Crippen LogP contribution in [-0.4, -0.2) is 41.9 Å². The van der Waals surface area contributed by atoms with E-state index in [2.05, 4.69) is 22.5 Å². The number of rotatable bonds is 4. The summed E-state index contributed by atoms with van der Waals surface area (Å²) in [6.45, 7) is 3.86. The number of nitrogens with one attached hydrogen (secondary N) is 2. The second kappa shape index (κ2) is 9.83. The van der Waals surface area contributed by atoms with E-state index in [-0.39, 0.29) is 24.8 Å². The maximum Gasteiger partial charge on any atom is 0.262 e. The number of carbonyl (C=O) groups excluding carboxylic acids is 1. The van der Waals surface area contributed by atoms with Crippen molar-refractivity contribution in [3.63, 3.8) is 0 Å². The molecule has 1 aromatic carbocycles. The van der Waals surface area contributed by atoms with Gasteiger partial charge >= 0.3 is 0 Å². The van der Waals surface area contributed by atoms with E-state index in [1.54, 1.807) is 0 Å². The molecule has 0 saturated carbocycles. The predicted molar refractivity (Wildman–Crippen MR) is 105 cm³/mol. The first-order chi connectivity index (χ1) is 11.4. The molecule has 0 bridgehead atoms. The third-order valence-corrected chi connectivity index (χ3v) is 4.97. The number of alkyl halides is 2. The molecule has 2 unspecified atom stereocenters. The molecule has 2 saturated heterocycles. The summed E-state index contributed by atoms with van der Waals surface area (Å²) < 4.78 is 26.3. The number of nitrogens with zero attached hydrogens (tertiary/aromatic N) is 1. The summed E-state index contributed by atoms with van der Waals surface area (Å²) in [5, 5.41) is 5.28. The molecule has 2 N–H and O–H groups in total. The summed E-state index contributed by atoms with van der Waals surface area (Å²) in [7, 11) is 0. The molecule has 1 amide bonds. The van der Waals surface area contributed by atoms with Crippen molar-refractivity contribution in [3.8, 4) is 0 Å². The molecule has 2 aliphatic heterocycles. The van der Waals surface area contributed by atoms with Gasteiger partial charge in [0, 0.05) is 24.7 Å². The number of halogens is 4. The number of piperidine rings is 1. The Bertz CT molecular complexity index is 586. The highest BCUT2D eigenvalue weighted by Crippen LogP contribution is 2.26. The summed E-state index contributed by atoms with van der Waals surface area (Å²) in [5.74, 6) is -3.19. The molecule has 2 aliphatic rings. The minimum absolute atomic E-state index is 0. The van der Waals surface area contributed by atoms with Gasteiger partial charge in [0.25, 0.3) is 5.92 Å². The van der Waals surface area contributed by atoms with Crippen molar-refractivity contribution >= 4 is 36.4 Å². The fraction of sp³-hybridized carbons (Fsp3) is 0.611. The van der Waals surface area contributed by atoms with Gasteiger partial charge in [-0.25, -0.2) is 8.78 Å². The van der Waals surface area contributed by atoms with Gasteiger partial charge in [0.05, 0.1) is 12.6 Å². The van der Waals surface area contributed by atoms with E-state index in [4.69, 9.17) is 0 Å². The Balaban J connectivity index is 0.00000169. The first-order valence-corrected chi connectivity index (χ1v) is 8.68. The molecule has 148 valence electrons. The van der Waals surface area contributed by atoms with Crippen LogP contribution in [0.4, 0.5) is 14.5 Å². The van der Waals surface area contributed by atoms with E-state index in [9.17, 15) is 13.6 Å². The van der Waals surface area contributed by atoms with Crippen molar-refractivity contribution in [1.29, 1.82) is 0 Å². The van der Waals surface area contributed by atoms with Gasteiger partial charge in [-0.3, -0.25) is 15.0 Å². The van der Waals surface area contributed by atoms with Crippen LogP contribution in [0.3, 0.4) is 0 Å². The van der Waals surface area contributed by atoms with Crippen LogP contribution in [0.25, 0.3) is 0 Å². The van der Waals surface area contributed by atoms with Crippen LogP contribution in [0.1, 0.15) is 38.2 Å². The molecule has 26 heavy (non-hydrogen) atoms. The Hall–Kier alpha value is -0.950. The lowest BCUT2D eigenvalue weighted by atomic mass is 10.0. The fourth-order valence-corrected chi connectivity index (χ4v) is 3.45. The molecule has 2 atom stereocenters. The summed E-state index contributed by atoms with van der Waals surface area (Å²) in [4.78, 5) is 14.5. The van der Waals surface area contributed by atoms with Crippen LogP contribution in [0, 0.1) is 0 Å². The number of hydrogen-bond acceptors (Lipinski definition) is 3. The Morgan fingerprint density at radius 2 is 1.96 bits per heavy atom. The van der Waals surface area contributed by atoms with Crippen LogP contribution < -0.4 is 10.6 Å². The summed E-state index contributed by atoms with van der Waals surface area (Å²) in [6, 6.07) is 7.45. The lowest BCUT2D eigenvalue weighted by Crippen LogP contribution is -2.36. The zero-order valence-electron chi connectivity index (χ0n) is 14.8. The number of benzene rings is 1. The van der Waals surface area contributed by atoms with Crippen molar-refractivity contribution in [2.75, 3.05) is 18.4 Å². The fourth-order valence-electron chi connectivity index (χ4n) is 3.45. The van der Waals surface area contributed by atoms with Gasteiger partial charge in [0.15, 0.2) is 0 Å². The van der Waals surface area contributed by atoms with E-state index in [1.165, 1.54) is 24.8 Å². The van der Waals surface area contributed by atoms with Crippen LogP contribution in [-0.2, 0) is 11.3 Å². The number of amides is 1. The smallest absolute Gasteiger partial charge is 0.262 e. The van der Waals surface area contributed by atoms with Crippen LogP contribution in [0.2, 0.25) is 0 Å². The highest BCUT2D eigenvalue weighted by Gasteiger charge is 2.42. The summed E-state index contributed by atoms with van der Waals surface area (Å²) in [5.41, 5.74) is 1.85. The zero-order valence-corrected chi connectivity index (χ0v) is 16.5. The second-order valence-corrected chi connectivity index (χ2v) is 7.00. The molecular weight excluding hydrogens is 383 g/mol. The Kier molecular flexibility index (Phi) is 8.73. The monoisotopic (exact) mass is 409 g/mol. The maximum atomic E-state index is 13.2. The predicted octanol–water partition coefficient (Wildman–Crippen LogP) is 3.84. The molecule has 4 nitrogen and oxygen atoms in total. The lowest BCUT2D eigenvalue weighted by molar-refractivity contribution is -0.118. The van der Waals surface area contributed by atoms with E-state index in [0.717, 1.165) is 13.1 Å². The minimum atomic E-state index is -2.79. The molecule has 1 aromatic rings. The maximum absolute atomic E-state index is 13.2. The van der Waals surface area contributed by atoms with E-state index in [0.29, 0.717) is 11.7 Å². The molecule has 2 fully saturated rings. The van der Waals surface area contributed by atoms with Crippen molar-refractivity contribution < 1.29 is 13.6 Å². The van der Waals surface area contributed by atoms with Crippen LogP contribution in [0.5, 0.6) is 0 Å². The molecule has 0 radical (unpaired) electrons. The van der Waals surface area contributed by atoms with Gasteiger partial charge in [-0.1, -0.05) is 18.6 Å². The van der Waals surface area contributed by atoms with Gasteiger partial charge in [0.1, 0.15) is 0 Å². The average molecular weight is 410 g/mol. The van der Waals surface area contributed by atoms with Gasteiger partial charge in [0.2, 0.25) is 5.91 Å². The first kappa shape index (κ1) is 23.1. The largest absolute Gasteiger partial charge is 0.325 e. The van der Waals surface area contributed by atoms with Gasteiger partial charge < -0.3 is 5.32 Å². The molecule has 3 rings (SSSR count). The molecular formula is C18H27Cl2F2N3O. The van der Waals surface area contributed by atoms with E-state index < -0.39 is 30.8 Å². The Morgan fingerprint density at radius 1 is 1.27 bits per heavy atom. The van der Waals surface area contributed by atoms with Crippen molar-refractivity contribution in [1.82, 2.24) is 10.2 Å². The number of likely N-dealkylation sites (tertiary alicyclic amines) is 1. The minimum Gasteiger partial charge on any atom is -0.325 e.